The van der Waals surface area contributed by atoms with Gasteiger partial charge in [0.15, 0.2) is 4.34 Å². The minimum Gasteiger partial charge on any atom is -0.477 e. The number of carbonyl (C=O) groups is 1. The van der Waals surface area contributed by atoms with Crippen LogP contribution < -0.4 is 0 Å². The summed E-state index contributed by atoms with van der Waals surface area (Å²) in [5.41, 5.74) is 0.652. The maximum Gasteiger partial charge on any atom is 0.347 e. The molecule has 0 radical (unpaired) electrons. The first-order valence-electron chi connectivity index (χ1n) is 6.49. The van der Waals surface area contributed by atoms with E-state index in [0.29, 0.717) is 15.8 Å². The van der Waals surface area contributed by atoms with E-state index in [-0.39, 0.29) is 0 Å². The highest BCUT2D eigenvalue weighted by Crippen LogP contribution is 2.40. The summed E-state index contributed by atoms with van der Waals surface area (Å²) in [6, 6.07) is 0. The smallest absolute Gasteiger partial charge is 0.347 e. The molecule has 3 nitrogen and oxygen atoms in total. The molecule has 2 rings (SSSR count). The zero-order chi connectivity index (χ0) is 13.1. The highest BCUT2D eigenvalue weighted by molar-refractivity contribution is 8.01. The molecule has 2 atom stereocenters. The fraction of sp³-hybridized carbons (Fsp3) is 0.692. The van der Waals surface area contributed by atoms with Gasteiger partial charge in [-0.3, -0.25) is 0 Å². The molecule has 0 saturated heterocycles. The highest BCUT2D eigenvalue weighted by atomic mass is 32.2. The topological polar surface area (TPSA) is 50.2 Å². The Kier molecular flexibility index (Phi) is 4.67. The van der Waals surface area contributed by atoms with E-state index in [1.165, 1.54) is 43.4 Å². The summed E-state index contributed by atoms with van der Waals surface area (Å²) in [6.07, 6.45) is 6.40. The van der Waals surface area contributed by atoms with E-state index >= 15 is 0 Å². The van der Waals surface area contributed by atoms with Crippen LogP contribution in [0.5, 0.6) is 0 Å². The van der Waals surface area contributed by atoms with E-state index in [0.717, 1.165) is 10.3 Å². The lowest BCUT2D eigenvalue weighted by molar-refractivity contribution is 0.0701. The van der Waals surface area contributed by atoms with Gasteiger partial charge in [0, 0.05) is 5.25 Å². The Morgan fingerprint density at radius 2 is 2.22 bits per heavy atom. The van der Waals surface area contributed by atoms with Crippen molar-refractivity contribution in [3.63, 3.8) is 0 Å². The molecule has 1 fully saturated rings. The second-order valence-corrected chi connectivity index (χ2v) is 7.29. The molecule has 18 heavy (non-hydrogen) atoms. The van der Waals surface area contributed by atoms with Gasteiger partial charge in [-0.05, 0) is 25.7 Å². The Morgan fingerprint density at radius 1 is 1.50 bits per heavy atom. The lowest BCUT2D eigenvalue weighted by Crippen LogP contribution is -2.20. The molecule has 1 N–H and O–H groups in total. The summed E-state index contributed by atoms with van der Waals surface area (Å²) in [5.74, 6) is -0.0891. The number of carboxylic acids is 1. The van der Waals surface area contributed by atoms with Crippen LogP contribution in [0.3, 0.4) is 0 Å². The normalized spacial score (nSPS) is 24.1. The number of hydrogen-bond donors (Lipinski definition) is 1. The van der Waals surface area contributed by atoms with Crippen molar-refractivity contribution >= 4 is 29.1 Å². The number of hydrogen-bond acceptors (Lipinski definition) is 4. The molecular weight excluding hydrogens is 266 g/mol. The van der Waals surface area contributed by atoms with Crippen molar-refractivity contribution in [3.05, 3.63) is 10.6 Å². The molecule has 1 aromatic rings. The van der Waals surface area contributed by atoms with Gasteiger partial charge >= 0.3 is 5.97 Å². The number of aryl methyl sites for hydroxylation is 1. The third-order valence-electron chi connectivity index (χ3n) is 3.59. The Morgan fingerprint density at radius 3 is 2.83 bits per heavy atom. The van der Waals surface area contributed by atoms with Gasteiger partial charge in [-0.1, -0.05) is 37.9 Å². The number of thioether (sulfide) groups is 1. The fourth-order valence-corrected chi connectivity index (χ4v) is 5.25. The van der Waals surface area contributed by atoms with Crippen LogP contribution in [0.4, 0.5) is 0 Å². The highest BCUT2D eigenvalue weighted by Gasteiger charge is 2.26. The van der Waals surface area contributed by atoms with Crippen LogP contribution in [0, 0.1) is 12.8 Å². The Bertz CT molecular complexity index is 431. The summed E-state index contributed by atoms with van der Waals surface area (Å²) < 4.78 is 0.926. The monoisotopic (exact) mass is 285 g/mol. The molecule has 100 valence electrons. The van der Waals surface area contributed by atoms with Gasteiger partial charge in [0.05, 0.1) is 5.69 Å². The fourth-order valence-electron chi connectivity index (χ4n) is 2.55. The predicted molar refractivity (Wildman–Crippen MR) is 75.7 cm³/mol. The largest absolute Gasteiger partial charge is 0.477 e. The average Bonchev–Trinajstić information content (AvgIpc) is 2.71. The van der Waals surface area contributed by atoms with Crippen molar-refractivity contribution in [1.82, 2.24) is 4.98 Å². The van der Waals surface area contributed by atoms with Crippen molar-refractivity contribution in [2.45, 2.75) is 55.5 Å². The van der Waals surface area contributed by atoms with Crippen LogP contribution >= 0.6 is 23.1 Å². The zero-order valence-electron chi connectivity index (χ0n) is 10.8. The van der Waals surface area contributed by atoms with Gasteiger partial charge in [-0.2, -0.15) is 0 Å². The third-order valence-corrected chi connectivity index (χ3v) is 6.28. The zero-order valence-corrected chi connectivity index (χ0v) is 12.4. The van der Waals surface area contributed by atoms with Gasteiger partial charge in [0.1, 0.15) is 4.88 Å². The second-order valence-electron chi connectivity index (χ2n) is 4.81. The molecule has 1 aliphatic carbocycles. The van der Waals surface area contributed by atoms with Crippen LogP contribution in [-0.2, 0) is 0 Å². The van der Waals surface area contributed by atoms with E-state index in [1.807, 2.05) is 0 Å². The van der Waals surface area contributed by atoms with Crippen molar-refractivity contribution in [2.75, 3.05) is 0 Å². The second kappa shape index (κ2) is 6.06. The van der Waals surface area contributed by atoms with Crippen LogP contribution in [0.1, 0.15) is 54.4 Å². The minimum absolute atomic E-state index is 0.390. The molecule has 0 aromatic carbocycles. The van der Waals surface area contributed by atoms with E-state index < -0.39 is 5.97 Å². The Labute approximate surface area is 116 Å². The summed E-state index contributed by atoms with van der Waals surface area (Å²) in [5, 5.41) is 9.67. The Hall–Kier alpha value is -0.550. The molecule has 1 aromatic heterocycles. The molecule has 0 aliphatic heterocycles. The summed E-state index contributed by atoms with van der Waals surface area (Å²) in [4.78, 5) is 15.8. The van der Waals surface area contributed by atoms with Crippen LogP contribution in [0.15, 0.2) is 4.34 Å². The van der Waals surface area contributed by atoms with Crippen molar-refractivity contribution in [3.8, 4) is 0 Å². The summed E-state index contributed by atoms with van der Waals surface area (Å²) in [7, 11) is 0. The number of aromatic carboxylic acids is 1. The first-order chi connectivity index (χ1) is 8.61. The number of thiazole rings is 1. The molecule has 1 heterocycles. The van der Waals surface area contributed by atoms with Gasteiger partial charge in [-0.25, -0.2) is 9.78 Å². The van der Waals surface area contributed by atoms with E-state index in [1.54, 1.807) is 18.7 Å². The van der Waals surface area contributed by atoms with E-state index in [4.69, 9.17) is 5.11 Å². The van der Waals surface area contributed by atoms with E-state index in [9.17, 15) is 4.79 Å². The molecule has 2 unspecified atom stereocenters. The molecular formula is C13H19NO2S2. The molecule has 5 heteroatoms. The van der Waals surface area contributed by atoms with Crippen molar-refractivity contribution in [2.24, 2.45) is 5.92 Å². The van der Waals surface area contributed by atoms with E-state index in [2.05, 4.69) is 11.9 Å². The first-order valence-corrected chi connectivity index (χ1v) is 8.18. The SMILES string of the molecule is CCC1CCCCC1Sc1nc(C)c(C(=O)O)s1. The number of rotatable bonds is 4. The summed E-state index contributed by atoms with van der Waals surface area (Å²) in [6.45, 7) is 4.03. The molecule has 0 amide bonds. The molecule has 0 bridgehead atoms. The van der Waals surface area contributed by atoms with Gasteiger partial charge < -0.3 is 5.11 Å². The number of nitrogens with zero attached hydrogens (tertiary/aromatic N) is 1. The molecule has 1 saturated carbocycles. The van der Waals surface area contributed by atoms with Gasteiger partial charge in [0.25, 0.3) is 0 Å². The molecule has 1 aliphatic rings. The standard InChI is InChI=1S/C13H19NO2S2/c1-3-9-6-4-5-7-10(9)17-13-14-8(2)11(18-13)12(15)16/h9-10H,3-7H2,1-2H3,(H,15,16). The van der Waals surface area contributed by atoms with Crippen LogP contribution in [0.25, 0.3) is 0 Å². The van der Waals surface area contributed by atoms with Crippen LogP contribution in [-0.4, -0.2) is 21.3 Å². The first kappa shape index (κ1) is 13.9. The van der Waals surface area contributed by atoms with Crippen molar-refractivity contribution in [1.29, 1.82) is 0 Å². The lowest BCUT2D eigenvalue weighted by atomic mass is 9.87. The Balaban J connectivity index is 2.08. The van der Waals surface area contributed by atoms with Gasteiger partial charge in [-0.15, -0.1) is 11.3 Å². The third kappa shape index (κ3) is 3.06. The average molecular weight is 285 g/mol. The molecule has 0 spiro atoms. The van der Waals surface area contributed by atoms with Gasteiger partial charge in [0.2, 0.25) is 0 Å². The number of carboxylic acid groups (broad SMARTS) is 1. The minimum atomic E-state index is -0.854. The predicted octanol–water partition coefficient (Wildman–Crippen LogP) is 4.21. The quantitative estimate of drug-likeness (QED) is 0.900. The van der Waals surface area contributed by atoms with Crippen molar-refractivity contribution < 1.29 is 9.90 Å². The number of aromatic nitrogens is 1. The maximum absolute atomic E-state index is 11.0. The van der Waals surface area contributed by atoms with Crippen LogP contribution in [0.2, 0.25) is 0 Å². The maximum atomic E-state index is 11.0. The lowest BCUT2D eigenvalue weighted by Gasteiger charge is -2.29. The summed E-state index contributed by atoms with van der Waals surface area (Å²) >= 11 is 3.12.